The summed E-state index contributed by atoms with van der Waals surface area (Å²) in [6, 6.07) is 11.7. The minimum Gasteiger partial charge on any atom is -0.304 e. The number of aryl methyl sites for hydroxylation is 1. The molecule has 0 aliphatic heterocycles. The van der Waals surface area contributed by atoms with Crippen LogP contribution in [0.3, 0.4) is 0 Å². The predicted molar refractivity (Wildman–Crippen MR) is 103 cm³/mol. The maximum absolute atomic E-state index is 4.76. The Balaban J connectivity index is 1.36. The molecule has 26 heavy (non-hydrogen) atoms. The van der Waals surface area contributed by atoms with Crippen molar-refractivity contribution in [2.75, 3.05) is 0 Å². The number of aromatic nitrogens is 4. The topological polar surface area (TPSA) is 47.7 Å². The molecular weight excluding hydrogens is 322 g/mol. The molecule has 136 valence electrons. The molecule has 0 amide bonds. The van der Waals surface area contributed by atoms with Gasteiger partial charge in [-0.1, -0.05) is 25.0 Å². The van der Waals surface area contributed by atoms with Gasteiger partial charge < -0.3 is 9.88 Å². The molecule has 1 N–H and O–H groups in total. The van der Waals surface area contributed by atoms with Crippen molar-refractivity contribution in [3.05, 3.63) is 66.0 Å². The largest absolute Gasteiger partial charge is 0.304 e. The zero-order valence-electron chi connectivity index (χ0n) is 15.6. The number of nitrogens with zero attached hydrogens (tertiary/aromatic N) is 4. The van der Waals surface area contributed by atoms with Crippen LogP contribution in [0.25, 0.3) is 5.69 Å². The van der Waals surface area contributed by atoms with Crippen molar-refractivity contribution in [3.8, 4) is 5.69 Å². The molecule has 0 saturated heterocycles. The van der Waals surface area contributed by atoms with Crippen LogP contribution in [0.2, 0.25) is 0 Å². The van der Waals surface area contributed by atoms with Crippen molar-refractivity contribution in [2.45, 2.75) is 58.2 Å². The summed E-state index contributed by atoms with van der Waals surface area (Å²) in [5.41, 5.74) is 3.54. The normalized spacial score (nSPS) is 16.2. The fourth-order valence-electron chi connectivity index (χ4n) is 3.79. The molecule has 1 aliphatic rings. The van der Waals surface area contributed by atoms with Gasteiger partial charge >= 0.3 is 0 Å². The summed E-state index contributed by atoms with van der Waals surface area (Å²) >= 11 is 0. The molecule has 0 bridgehead atoms. The molecule has 1 atom stereocenters. The average molecular weight is 349 g/mol. The summed E-state index contributed by atoms with van der Waals surface area (Å²) in [6.07, 6.45) is 11.2. The number of rotatable bonds is 6. The molecule has 0 unspecified atom stereocenters. The second-order valence-corrected chi connectivity index (χ2v) is 7.26. The van der Waals surface area contributed by atoms with Crippen molar-refractivity contribution in [1.29, 1.82) is 0 Å². The third kappa shape index (κ3) is 3.58. The van der Waals surface area contributed by atoms with E-state index in [-0.39, 0.29) is 6.04 Å². The average Bonchev–Trinajstić information content (AvgIpc) is 3.41. The Morgan fingerprint density at radius 3 is 2.58 bits per heavy atom. The first-order valence-electron chi connectivity index (χ1n) is 9.58. The van der Waals surface area contributed by atoms with Crippen LogP contribution in [0.1, 0.15) is 61.8 Å². The summed E-state index contributed by atoms with van der Waals surface area (Å²) in [7, 11) is 0. The highest BCUT2D eigenvalue weighted by Crippen LogP contribution is 2.28. The predicted octanol–water partition coefficient (Wildman–Crippen LogP) is 4.34. The molecule has 5 heteroatoms. The molecule has 2 aromatic heterocycles. The lowest BCUT2D eigenvalue weighted by atomic mass is 10.1. The number of hydrogen-bond acceptors (Lipinski definition) is 3. The third-order valence-electron chi connectivity index (χ3n) is 5.45. The van der Waals surface area contributed by atoms with Crippen LogP contribution < -0.4 is 5.32 Å². The molecule has 1 aliphatic carbocycles. The quantitative estimate of drug-likeness (QED) is 0.720. The zero-order valence-corrected chi connectivity index (χ0v) is 15.6. The zero-order chi connectivity index (χ0) is 17.9. The van der Waals surface area contributed by atoms with Gasteiger partial charge in [-0.2, -0.15) is 5.10 Å². The summed E-state index contributed by atoms with van der Waals surface area (Å²) in [5, 5.41) is 8.35. The van der Waals surface area contributed by atoms with Gasteiger partial charge in [0, 0.05) is 36.9 Å². The van der Waals surface area contributed by atoms with Crippen molar-refractivity contribution in [2.24, 2.45) is 0 Å². The molecule has 1 fully saturated rings. The molecule has 3 aromatic rings. The Hall–Kier alpha value is -2.40. The highest BCUT2D eigenvalue weighted by Gasteiger charge is 2.17. The van der Waals surface area contributed by atoms with E-state index in [1.165, 1.54) is 31.2 Å². The highest BCUT2D eigenvalue weighted by molar-refractivity contribution is 5.36. The van der Waals surface area contributed by atoms with E-state index in [2.05, 4.69) is 63.0 Å². The number of imidazole rings is 1. The fraction of sp³-hybridized carbons (Fsp3) is 0.429. The Bertz CT molecular complexity index is 839. The van der Waals surface area contributed by atoms with Crippen LogP contribution in [0.15, 0.2) is 48.9 Å². The van der Waals surface area contributed by atoms with Crippen molar-refractivity contribution < 1.29 is 0 Å². The lowest BCUT2D eigenvalue weighted by Gasteiger charge is -2.15. The SMILES string of the molecule is Cc1nccn1-c1ccc([C@H](C)NCc2ccn(C3CCCC3)n2)cc1. The summed E-state index contributed by atoms with van der Waals surface area (Å²) in [6.45, 7) is 5.01. The van der Waals surface area contributed by atoms with Crippen LogP contribution in [-0.4, -0.2) is 19.3 Å². The van der Waals surface area contributed by atoms with E-state index in [0.29, 0.717) is 6.04 Å². The summed E-state index contributed by atoms with van der Waals surface area (Å²) in [4.78, 5) is 4.29. The van der Waals surface area contributed by atoms with E-state index < -0.39 is 0 Å². The highest BCUT2D eigenvalue weighted by atomic mass is 15.3. The molecule has 2 heterocycles. The molecule has 0 radical (unpaired) electrons. The van der Waals surface area contributed by atoms with Crippen molar-refractivity contribution in [1.82, 2.24) is 24.6 Å². The van der Waals surface area contributed by atoms with Crippen molar-refractivity contribution >= 4 is 0 Å². The van der Waals surface area contributed by atoms with Gasteiger partial charge in [0.15, 0.2) is 0 Å². The molecule has 1 saturated carbocycles. The molecule has 4 rings (SSSR count). The van der Waals surface area contributed by atoms with Crippen LogP contribution in [0.4, 0.5) is 0 Å². The van der Waals surface area contributed by atoms with Gasteiger partial charge in [-0.15, -0.1) is 0 Å². The Morgan fingerprint density at radius 2 is 1.88 bits per heavy atom. The van der Waals surface area contributed by atoms with Crippen LogP contribution in [0.5, 0.6) is 0 Å². The Labute approximate surface area is 155 Å². The van der Waals surface area contributed by atoms with E-state index in [1.807, 2.05) is 19.3 Å². The fourth-order valence-corrected chi connectivity index (χ4v) is 3.79. The number of nitrogens with one attached hydrogen (secondary N) is 1. The van der Waals surface area contributed by atoms with E-state index in [9.17, 15) is 0 Å². The first kappa shape index (κ1) is 17.0. The van der Waals surface area contributed by atoms with Gasteiger partial charge in [0.1, 0.15) is 5.82 Å². The monoisotopic (exact) mass is 349 g/mol. The first-order valence-corrected chi connectivity index (χ1v) is 9.58. The second kappa shape index (κ2) is 7.46. The standard InChI is InChI=1S/C21H27N5/c1-16(18-7-9-20(10-8-18)25-14-12-22-17(25)2)23-15-19-11-13-26(24-19)21-5-3-4-6-21/h7-14,16,21,23H,3-6,15H2,1-2H3/t16-/m0/s1. The van der Waals surface area contributed by atoms with Crippen molar-refractivity contribution in [3.63, 3.8) is 0 Å². The molecule has 5 nitrogen and oxygen atoms in total. The van der Waals surface area contributed by atoms with Gasteiger partial charge in [-0.25, -0.2) is 4.98 Å². The van der Waals surface area contributed by atoms with Gasteiger partial charge in [0.25, 0.3) is 0 Å². The van der Waals surface area contributed by atoms with Gasteiger partial charge in [-0.05, 0) is 50.5 Å². The minimum atomic E-state index is 0.282. The van der Waals surface area contributed by atoms with E-state index >= 15 is 0 Å². The Morgan fingerprint density at radius 1 is 1.12 bits per heavy atom. The lowest BCUT2D eigenvalue weighted by molar-refractivity contribution is 0.458. The van der Waals surface area contributed by atoms with E-state index in [4.69, 9.17) is 5.10 Å². The summed E-state index contributed by atoms with van der Waals surface area (Å²) in [5.74, 6) is 1.00. The lowest BCUT2D eigenvalue weighted by Crippen LogP contribution is -2.18. The van der Waals surface area contributed by atoms with E-state index in [0.717, 1.165) is 23.8 Å². The van der Waals surface area contributed by atoms with E-state index in [1.54, 1.807) is 0 Å². The molecule has 0 spiro atoms. The smallest absolute Gasteiger partial charge is 0.110 e. The van der Waals surface area contributed by atoms with Crippen LogP contribution in [-0.2, 0) is 6.54 Å². The van der Waals surface area contributed by atoms with Gasteiger partial charge in [0.2, 0.25) is 0 Å². The summed E-state index contributed by atoms with van der Waals surface area (Å²) < 4.78 is 4.26. The maximum atomic E-state index is 4.76. The second-order valence-electron chi connectivity index (χ2n) is 7.26. The number of hydrogen-bond donors (Lipinski definition) is 1. The maximum Gasteiger partial charge on any atom is 0.110 e. The first-order chi connectivity index (χ1) is 12.7. The molecular formula is C21H27N5. The Kier molecular flexibility index (Phi) is 4.89. The number of benzene rings is 1. The van der Waals surface area contributed by atoms with Crippen LogP contribution in [0, 0.1) is 6.92 Å². The van der Waals surface area contributed by atoms with Gasteiger partial charge in [-0.3, -0.25) is 4.68 Å². The molecule has 1 aromatic carbocycles. The minimum absolute atomic E-state index is 0.282. The third-order valence-corrected chi connectivity index (χ3v) is 5.45. The van der Waals surface area contributed by atoms with Crippen LogP contribution >= 0.6 is 0 Å². The van der Waals surface area contributed by atoms with Gasteiger partial charge in [0.05, 0.1) is 11.7 Å².